The fourth-order valence-corrected chi connectivity index (χ4v) is 1.47. The van der Waals surface area contributed by atoms with Crippen molar-refractivity contribution in [2.75, 3.05) is 13.2 Å². The summed E-state index contributed by atoms with van der Waals surface area (Å²) in [6.07, 6.45) is 0. The highest BCUT2D eigenvalue weighted by molar-refractivity contribution is 5.30. The minimum atomic E-state index is -0.334. The predicted octanol–water partition coefficient (Wildman–Crippen LogP) is 3.04. The number of benzene rings is 1. The highest BCUT2D eigenvalue weighted by Gasteiger charge is 2.10. The van der Waals surface area contributed by atoms with Gasteiger partial charge < -0.3 is 15.2 Å². The average Bonchev–Trinajstić information content (AvgIpc) is 2.22. The van der Waals surface area contributed by atoms with E-state index in [-0.39, 0.29) is 17.5 Å². The van der Waals surface area contributed by atoms with Crippen molar-refractivity contribution in [3.05, 3.63) is 29.6 Å². The Kier molecular flexibility index (Phi) is 5.11. The number of halogens is 1. The minimum Gasteiger partial charge on any atom is -0.491 e. The van der Waals surface area contributed by atoms with Crippen LogP contribution in [0.5, 0.6) is 5.75 Å². The molecule has 1 aromatic carbocycles. The van der Waals surface area contributed by atoms with Crippen LogP contribution in [0, 0.1) is 5.82 Å². The topological polar surface area (TPSA) is 44.5 Å². The summed E-state index contributed by atoms with van der Waals surface area (Å²) in [6, 6.07) is 4.41. The fraction of sp³-hybridized carbons (Fsp3) is 0.571. The Balaban J connectivity index is 2.47. The number of rotatable bonds is 5. The lowest BCUT2D eigenvalue weighted by atomic mass is 10.1. The number of hydrogen-bond acceptors (Lipinski definition) is 3. The van der Waals surface area contributed by atoms with Gasteiger partial charge in [-0.1, -0.05) is 6.07 Å². The van der Waals surface area contributed by atoms with Crippen molar-refractivity contribution in [2.45, 2.75) is 39.3 Å². The molecular formula is C14H22FNO2. The van der Waals surface area contributed by atoms with Crippen molar-refractivity contribution < 1.29 is 13.9 Å². The molecule has 0 fully saturated rings. The van der Waals surface area contributed by atoms with Crippen molar-refractivity contribution in [1.29, 1.82) is 0 Å². The van der Waals surface area contributed by atoms with Crippen LogP contribution in [0.25, 0.3) is 0 Å². The van der Waals surface area contributed by atoms with E-state index in [4.69, 9.17) is 15.2 Å². The lowest BCUT2D eigenvalue weighted by molar-refractivity contribution is -0.0163. The molecule has 0 radical (unpaired) electrons. The Labute approximate surface area is 108 Å². The second-order valence-electron chi connectivity index (χ2n) is 5.28. The molecule has 0 aliphatic rings. The smallest absolute Gasteiger partial charge is 0.131 e. The number of nitrogens with two attached hydrogens (primary N) is 1. The molecule has 4 heteroatoms. The van der Waals surface area contributed by atoms with Crippen LogP contribution in [-0.2, 0) is 4.74 Å². The van der Waals surface area contributed by atoms with E-state index in [0.29, 0.717) is 24.5 Å². The molecule has 102 valence electrons. The summed E-state index contributed by atoms with van der Waals surface area (Å²) in [5, 5.41) is 0. The third-order valence-corrected chi connectivity index (χ3v) is 2.35. The molecule has 2 N–H and O–H groups in total. The van der Waals surface area contributed by atoms with Crippen LogP contribution in [0.2, 0.25) is 0 Å². The quantitative estimate of drug-likeness (QED) is 0.822. The van der Waals surface area contributed by atoms with Gasteiger partial charge in [0.25, 0.3) is 0 Å². The van der Waals surface area contributed by atoms with E-state index in [2.05, 4.69) is 0 Å². The number of hydrogen-bond donors (Lipinski definition) is 1. The van der Waals surface area contributed by atoms with Gasteiger partial charge in [0.05, 0.1) is 12.2 Å². The molecule has 0 aliphatic heterocycles. The summed E-state index contributed by atoms with van der Waals surface area (Å²) in [6.45, 7) is 8.54. The molecule has 0 spiro atoms. The molecule has 0 saturated carbocycles. The van der Waals surface area contributed by atoms with Gasteiger partial charge in [-0.05, 0) is 33.8 Å². The average molecular weight is 255 g/mol. The van der Waals surface area contributed by atoms with Crippen molar-refractivity contribution in [1.82, 2.24) is 0 Å². The lowest BCUT2D eigenvalue weighted by Gasteiger charge is -2.19. The molecule has 1 rings (SSSR count). The van der Waals surface area contributed by atoms with E-state index >= 15 is 0 Å². The molecule has 1 atom stereocenters. The van der Waals surface area contributed by atoms with Crippen LogP contribution in [0.15, 0.2) is 18.2 Å². The van der Waals surface area contributed by atoms with Gasteiger partial charge in [-0.15, -0.1) is 0 Å². The first-order valence-electron chi connectivity index (χ1n) is 6.11. The zero-order valence-corrected chi connectivity index (χ0v) is 11.5. The zero-order chi connectivity index (χ0) is 13.8. The van der Waals surface area contributed by atoms with Crippen LogP contribution in [0.4, 0.5) is 4.39 Å². The first-order chi connectivity index (χ1) is 8.29. The summed E-state index contributed by atoms with van der Waals surface area (Å²) in [7, 11) is 0. The molecule has 18 heavy (non-hydrogen) atoms. The van der Waals surface area contributed by atoms with Crippen LogP contribution in [-0.4, -0.2) is 18.8 Å². The van der Waals surface area contributed by atoms with E-state index in [0.717, 1.165) is 0 Å². The highest BCUT2D eigenvalue weighted by Crippen LogP contribution is 2.20. The molecule has 3 nitrogen and oxygen atoms in total. The minimum absolute atomic E-state index is 0.187. The Bertz CT molecular complexity index is 386. The summed E-state index contributed by atoms with van der Waals surface area (Å²) in [4.78, 5) is 0. The van der Waals surface area contributed by atoms with Crippen molar-refractivity contribution in [3.8, 4) is 5.75 Å². The van der Waals surface area contributed by atoms with E-state index in [1.165, 1.54) is 6.07 Å². The third-order valence-electron chi connectivity index (χ3n) is 2.35. The largest absolute Gasteiger partial charge is 0.491 e. The standard InChI is InChI=1S/C14H22FNO2/c1-10(16)12-6-5-11(9-13(12)15)17-7-8-18-14(2,3)4/h5-6,9-10H,7-8,16H2,1-4H3. The van der Waals surface area contributed by atoms with Crippen molar-refractivity contribution >= 4 is 0 Å². The van der Waals surface area contributed by atoms with Gasteiger partial charge in [0.2, 0.25) is 0 Å². The van der Waals surface area contributed by atoms with Crippen LogP contribution >= 0.6 is 0 Å². The van der Waals surface area contributed by atoms with E-state index in [9.17, 15) is 4.39 Å². The first-order valence-corrected chi connectivity index (χ1v) is 6.11. The van der Waals surface area contributed by atoms with E-state index < -0.39 is 0 Å². The maximum Gasteiger partial charge on any atom is 0.131 e. The normalized spacial score (nSPS) is 13.4. The van der Waals surface area contributed by atoms with Gasteiger partial charge in [0.15, 0.2) is 0 Å². The summed E-state index contributed by atoms with van der Waals surface area (Å²) >= 11 is 0. The Morgan fingerprint density at radius 2 is 1.94 bits per heavy atom. The fourth-order valence-electron chi connectivity index (χ4n) is 1.47. The van der Waals surface area contributed by atoms with Crippen molar-refractivity contribution in [2.24, 2.45) is 5.73 Å². The molecule has 0 heterocycles. The van der Waals surface area contributed by atoms with Crippen LogP contribution in [0.1, 0.15) is 39.3 Å². The summed E-state index contributed by atoms with van der Waals surface area (Å²) in [5.41, 5.74) is 5.94. The molecule has 1 aromatic rings. The second kappa shape index (κ2) is 6.16. The zero-order valence-electron chi connectivity index (χ0n) is 11.5. The summed E-state index contributed by atoms with van der Waals surface area (Å²) in [5.74, 6) is 0.161. The van der Waals surface area contributed by atoms with Gasteiger partial charge in [0, 0.05) is 17.7 Å². The second-order valence-corrected chi connectivity index (χ2v) is 5.28. The maximum absolute atomic E-state index is 13.6. The van der Waals surface area contributed by atoms with Gasteiger partial charge in [-0.3, -0.25) is 0 Å². The highest BCUT2D eigenvalue weighted by atomic mass is 19.1. The number of ether oxygens (including phenoxy) is 2. The van der Waals surface area contributed by atoms with Crippen LogP contribution in [0.3, 0.4) is 0 Å². The van der Waals surface area contributed by atoms with Gasteiger partial charge in [0.1, 0.15) is 18.2 Å². The molecule has 0 aromatic heterocycles. The van der Waals surface area contributed by atoms with Crippen molar-refractivity contribution in [3.63, 3.8) is 0 Å². The molecule has 0 bridgehead atoms. The molecule has 1 unspecified atom stereocenters. The molecule has 0 saturated heterocycles. The molecular weight excluding hydrogens is 233 g/mol. The molecule has 0 amide bonds. The summed E-state index contributed by atoms with van der Waals surface area (Å²) < 4.78 is 24.5. The van der Waals surface area contributed by atoms with E-state index in [1.807, 2.05) is 20.8 Å². The molecule has 0 aliphatic carbocycles. The van der Waals surface area contributed by atoms with E-state index in [1.54, 1.807) is 19.1 Å². The predicted molar refractivity (Wildman–Crippen MR) is 70.2 cm³/mol. The lowest BCUT2D eigenvalue weighted by Crippen LogP contribution is -2.22. The Morgan fingerprint density at radius 3 is 2.44 bits per heavy atom. The van der Waals surface area contributed by atoms with Crippen LogP contribution < -0.4 is 10.5 Å². The monoisotopic (exact) mass is 255 g/mol. The van der Waals surface area contributed by atoms with Gasteiger partial charge >= 0.3 is 0 Å². The van der Waals surface area contributed by atoms with Gasteiger partial charge in [-0.25, -0.2) is 4.39 Å². The Morgan fingerprint density at radius 1 is 1.28 bits per heavy atom. The third kappa shape index (κ3) is 5.02. The maximum atomic E-state index is 13.6. The Hall–Kier alpha value is -1.13. The SMILES string of the molecule is CC(N)c1ccc(OCCOC(C)(C)C)cc1F. The first kappa shape index (κ1) is 14.9. The van der Waals surface area contributed by atoms with Gasteiger partial charge in [-0.2, -0.15) is 0 Å².